The quantitative estimate of drug-likeness (QED) is 0.671. The molecule has 1 amide bonds. The van der Waals surface area contributed by atoms with Crippen LogP contribution in [-0.2, 0) is 27.7 Å². The Balaban J connectivity index is 1.92. The van der Waals surface area contributed by atoms with Gasteiger partial charge in [0.15, 0.2) is 0 Å². The lowest BCUT2D eigenvalue weighted by atomic mass is 9.99. The van der Waals surface area contributed by atoms with Crippen LogP contribution in [0.1, 0.15) is 19.7 Å². The number of nitrogens with zero attached hydrogens (tertiary/aromatic N) is 3. The maximum absolute atomic E-state index is 13.6. The summed E-state index contributed by atoms with van der Waals surface area (Å²) in [6.45, 7) is 4.35. The van der Waals surface area contributed by atoms with Crippen molar-refractivity contribution < 1.29 is 17.8 Å². The van der Waals surface area contributed by atoms with E-state index in [1.165, 1.54) is 36.4 Å². The molecule has 2 heterocycles. The largest absolute Gasteiger partial charge is 0.327 e. The van der Waals surface area contributed by atoms with Crippen LogP contribution in [0.4, 0.5) is 8.78 Å². The molecule has 0 bridgehead atoms. The molecule has 0 aliphatic carbocycles. The van der Waals surface area contributed by atoms with E-state index in [-0.39, 0.29) is 12.5 Å². The number of carbonyl (C=O) groups excluding carboxylic acids is 1. The van der Waals surface area contributed by atoms with E-state index in [9.17, 15) is 17.8 Å². The van der Waals surface area contributed by atoms with Gasteiger partial charge in [0.2, 0.25) is 5.91 Å². The second kappa shape index (κ2) is 7.97. The van der Waals surface area contributed by atoms with Gasteiger partial charge in [0.25, 0.3) is 0 Å². The topological polar surface area (TPSA) is 81.2 Å². The lowest BCUT2D eigenvalue weighted by molar-refractivity contribution is -0.137. The van der Waals surface area contributed by atoms with Crippen LogP contribution in [0.15, 0.2) is 58.5 Å². The highest BCUT2D eigenvalue weighted by atomic mass is 32.2. The van der Waals surface area contributed by atoms with Crippen molar-refractivity contribution in [3.63, 3.8) is 0 Å². The molecule has 1 aromatic heterocycles. The zero-order valence-electron chi connectivity index (χ0n) is 17.1. The van der Waals surface area contributed by atoms with Gasteiger partial charge in [0.05, 0.1) is 12.1 Å². The number of amides is 1. The molecule has 0 spiro atoms. The molecular formula is C22H22F2N4O2S. The molecule has 0 saturated heterocycles. The molecule has 1 aliphatic rings. The van der Waals surface area contributed by atoms with Crippen LogP contribution < -0.4 is 5.73 Å². The van der Waals surface area contributed by atoms with Crippen molar-refractivity contribution in [3.05, 3.63) is 66.0 Å². The number of fused-ring (bicyclic) bond motifs is 1. The first-order valence-corrected chi connectivity index (χ1v) is 10.9. The summed E-state index contributed by atoms with van der Waals surface area (Å²) < 4.78 is 42.4. The zero-order chi connectivity index (χ0) is 22.3. The summed E-state index contributed by atoms with van der Waals surface area (Å²) >= 11 is 0. The van der Waals surface area contributed by atoms with Gasteiger partial charge in [0, 0.05) is 23.5 Å². The Bertz CT molecular complexity index is 1160. The van der Waals surface area contributed by atoms with Crippen molar-refractivity contribution in [2.45, 2.75) is 35.9 Å². The highest BCUT2D eigenvalue weighted by molar-refractivity contribution is 7.85. The second-order valence-corrected chi connectivity index (χ2v) is 9.17. The summed E-state index contributed by atoms with van der Waals surface area (Å²) in [5.74, 6) is -0.463. The molecule has 0 saturated carbocycles. The number of rotatable bonds is 4. The van der Waals surface area contributed by atoms with Crippen molar-refractivity contribution in [2.75, 3.05) is 13.1 Å². The first-order valence-electron chi connectivity index (χ1n) is 9.79. The Hall–Kier alpha value is -2.91. The highest BCUT2D eigenvalue weighted by Gasteiger charge is 2.42. The molecule has 0 fully saturated rings. The monoisotopic (exact) mass is 444 g/mol. The minimum absolute atomic E-state index is 0.122. The van der Waals surface area contributed by atoms with Crippen LogP contribution in [0.5, 0.6) is 0 Å². The number of hydrogen-bond donors (Lipinski definition) is 1. The predicted molar refractivity (Wildman–Crippen MR) is 112 cm³/mol. The Morgan fingerprint density at radius 1 is 1.06 bits per heavy atom. The number of carbonyl (C=O) groups is 1. The third kappa shape index (κ3) is 3.68. The fraction of sp³-hybridized carbons (Fsp3) is 0.273. The second-order valence-electron chi connectivity index (χ2n) is 7.78. The van der Waals surface area contributed by atoms with E-state index < -0.39 is 28.0 Å². The van der Waals surface area contributed by atoms with Gasteiger partial charge in [-0.15, -0.1) is 0 Å². The van der Waals surface area contributed by atoms with E-state index in [1.54, 1.807) is 17.0 Å². The molecule has 3 aromatic rings. The van der Waals surface area contributed by atoms with Gasteiger partial charge in [0.1, 0.15) is 39.0 Å². The van der Waals surface area contributed by atoms with Crippen LogP contribution in [0.25, 0.3) is 11.3 Å². The summed E-state index contributed by atoms with van der Waals surface area (Å²) in [6.07, 6.45) is 0. The predicted octanol–water partition coefficient (Wildman–Crippen LogP) is 3.03. The van der Waals surface area contributed by atoms with Crippen molar-refractivity contribution >= 4 is 16.7 Å². The minimum atomic E-state index is -1.68. The van der Waals surface area contributed by atoms with Gasteiger partial charge < -0.3 is 15.2 Å². The lowest BCUT2D eigenvalue weighted by Gasteiger charge is -2.42. The van der Waals surface area contributed by atoms with Crippen molar-refractivity contribution in [3.8, 4) is 11.3 Å². The number of aromatic nitrogens is 2. The number of halogens is 2. The van der Waals surface area contributed by atoms with Crippen LogP contribution in [0.3, 0.4) is 0 Å². The van der Waals surface area contributed by atoms with Crippen molar-refractivity contribution in [1.82, 2.24) is 14.5 Å². The standard InChI is InChI=1S/C22H22F2N4O2S/c1-22(2)21-26-19(14-3-5-15(23)6-4-14)20(27(21)11-12-28(22)18(29)13-25)31(30)17-9-7-16(24)8-10-17/h3-10H,11-13,25H2,1-2H3. The molecule has 0 radical (unpaired) electrons. The first-order chi connectivity index (χ1) is 14.7. The van der Waals surface area contributed by atoms with Crippen LogP contribution >= 0.6 is 0 Å². The van der Waals surface area contributed by atoms with Gasteiger partial charge in [-0.3, -0.25) is 4.79 Å². The normalized spacial score (nSPS) is 16.1. The molecule has 31 heavy (non-hydrogen) atoms. The Labute approximate surface area is 181 Å². The molecule has 1 atom stereocenters. The summed E-state index contributed by atoms with van der Waals surface area (Å²) in [5, 5.41) is 0.432. The smallest absolute Gasteiger partial charge is 0.237 e. The minimum Gasteiger partial charge on any atom is -0.327 e. The van der Waals surface area contributed by atoms with Crippen molar-refractivity contribution in [2.24, 2.45) is 5.73 Å². The van der Waals surface area contributed by atoms with Gasteiger partial charge in [-0.2, -0.15) is 0 Å². The lowest BCUT2D eigenvalue weighted by Crippen LogP contribution is -2.53. The maximum atomic E-state index is 13.6. The van der Waals surface area contributed by atoms with Crippen LogP contribution in [0, 0.1) is 11.6 Å². The molecule has 2 aromatic carbocycles. The fourth-order valence-electron chi connectivity index (χ4n) is 3.91. The van der Waals surface area contributed by atoms with E-state index in [2.05, 4.69) is 0 Å². The maximum Gasteiger partial charge on any atom is 0.237 e. The average molecular weight is 445 g/mol. The number of nitrogens with two attached hydrogens (primary N) is 1. The van der Waals surface area contributed by atoms with Crippen LogP contribution in [0.2, 0.25) is 0 Å². The summed E-state index contributed by atoms with van der Waals surface area (Å²) in [5.41, 5.74) is 5.83. The van der Waals surface area contributed by atoms with E-state index in [1.807, 2.05) is 18.4 Å². The molecule has 1 unspecified atom stereocenters. The van der Waals surface area contributed by atoms with Crippen LogP contribution in [-0.4, -0.2) is 37.7 Å². The fourth-order valence-corrected chi connectivity index (χ4v) is 5.24. The SMILES string of the molecule is CC1(C)c2nc(-c3ccc(F)cc3)c(S(=O)c3ccc(F)cc3)n2CCN1C(=O)CN. The van der Waals surface area contributed by atoms with Gasteiger partial charge in [-0.1, -0.05) is 0 Å². The Kier molecular flexibility index (Phi) is 5.49. The molecule has 162 valence electrons. The summed E-state index contributed by atoms with van der Waals surface area (Å²) in [7, 11) is -1.68. The average Bonchev–Trinajstić information content (AvgIpc) is 3.15. The molecule has 1 aliphatic heterocycles. The van der Waals surface area contributed by atoms with E-state index in [4.69, 9.17) is 10.7 Å². The number of imidazole rings is 1. The first kappa shape index (κ1) is 21.3. The van der Waals surface area contributed by atoms with Gasteiger partial charge in [-0.05, 0) is 62.4 Å². The third-order valence-electron chi connectivity index (χ3n) is 5.49. The van der Waals surface area contributed by atoms with Gasteiger partial charge in [-0.25, -0.2) is 18.0 Å². The Morgan fingerprint density at radius 2 is 1.65 bits per heavy atom. The molecular weight excluding hydrogens is 422 g/mol. The molecule has 6 nitrogen and oxygen atoms in total. The molecule has 2 N–H and O–H groups in total. The van der Waals surface area contributed by atoms with E-state index in [0.717, 1.165) is 0 Å². The molecule has 9 heteroatoms. The summed E-state index contributed by atoms with van der Waals surface area (Å²) in [4.78, 5) is 19.3. The summed E-state index contributed by atoms with van der Waals surface area (Å²) in [6, 6.07) is 11.2. The van der Waals surface area contributed by atoms with Gasteiger partial charge >= 0.3 is 0 Å². The van der Waals surface area contributed by atoms with E-state index >= 15 is 0 Å². The zero-order valence-corrected chi connectivity index (χ0v) is 18.0. The number of hydrogen-bond acceptors (Lipinski definition) is 4. The Morgan fingerprint density at radius 3 is 2.23 bits per heavy atom. The number of benzene rings is 2. The van der Waals surface area contributed by atoms with Crippen molar-refractivity contribution in [1.29, 1.82) is 0 Å². The van der Waals surface area contributed by atoms with E-state index in [0.29, 0.717) is 40.1 Å². The highest BCUT2D eigenvalue weighted by Crippen LogP contribution is 2.38. The molecule has 4 rings (SSSR count). The third-order valence-corrected chi connectivity index (χ3v) is 6.95.